The van der Waals surface area contributed by atoms with E-state index in [1.807, 2.05) is 0 Å². The van der Waals surface area contributed by atoms with Gasteiger partial charge >= 0.3 is 0 Å². The van der Waals surface area contributed by atoms with E-state index in [4.69, 9.17) is 21.1 Å². The van der Waals surface area contributed by atoms with Crippen LogP contribution in [0.25, 0.3) is 6.08 Å². The van der Waals surface area contributed by atoms with Crippen molar-refractivity contribution in [3.05, 3.63) is 58.9 Å². The van der Waals surface area contributed by atoms with Crippen LogP contribution in [0.1, 0.15) is 5.56 Å². The van der Waals surface area contributed by atoms with E-state index >= 15 is 0 Å². The van der Waals surface area contributed by atoms with Gasteiger partial charge in [0.1, 0.15) is 17.3 Å². The van der Waals surface area contributed by atoms with Gasteiger partial charge in [-0.15, -0.1) is 0 Å². The van der Waals surface area contributed by atoms with Crippen LogP contribution in [-0.4, -0.2) is 20.1 Å². The maximum Gasteiger partial charge on any atom is 0.248 e. The van der Waals surface area contributed by atoms with E-state index in [0.29, 0.717) is 27.8 Å². The molecule has 0 aliphatic rings. The number of carbonyl (C=O) groups excluding carboxylic acids is 1. The lowest BCUT2D eigenvalue weighted by Gasteiger charge is -2.12. The Morgan fingerprint density at radius 2 is 1.78 bits per heavy atom. The molecule has 0 radical (unpaired) electrons. The van der Waals surface area contributed by atoms with Gasteiger partial charge in [-0.25, -0.2) is 4.39 Å². The molecule has 0 bridgehead atoms. The fraction of sp³-hybridized carbons (Fsp3) is 0.118. The molecule has 4 nitrogen and oxygen atoms in total. The zero-order chi connectivity index (χ0) is 16.8. The molecule has 0 spiro atoms. The summed E-state index contributed by atoms with van der Waals surface area (Å²) in [5.41, 5.74) is 1.13. The molecule has 0 saturated heterocycles. The summed E-state index contributed by atoms with van der Waals surface area (Å²) < 4.78 is 23.1. The van der Waals surface area contributed by atoms with Gasteiger partial charge in [0.25, 0.3) is 0 Å². The van der Waals surface area contributed by atoms with Gasteiger partial charge in [-0.1, -0.05) is 23.7 Å². The number of nitrogens with one attached hydrogen (secondary N) is 1. The maximum atomic E-state index is 12.8. The molecule has 120 valence electrons. The number of ether oxygens (including phenoxy) is 2. The van der Waals surface area contributed by atoms with Gasteiger partial charge in [-0.3, -0.25) is 4.79 Å². The fourth-order valence-electron chi connectivity index (χ4n) is 1.88. The van der Waals surface area contributed by atoms with E-state index in [9.17, 15) is 9.18 Å². The van der Waals surface area contributed by atoms with E-state index in [1.165, 1.54) is 32.4 Å². The number of carbonyl (C=O) groups is 1. The number of hydrogen-bond acceptors (Lipinski definition) is 3. The summed E-state index contributed by atoms with van der Waals surface area (Å²) in [5.74, 6) is 0.177. The first kappa shape index (κ1) is 16.8. The first-order valence-electron chi connectivity index (χ1n) is 6.69. The molecule has 0 fully saturated rings. The van der Waals surface area contributed by atoms with Crippen LogP contribution in [0.4, 0.5) is 10.1 Å². The molecule has 0 heterocycles. The Kier molecular flexibility index (Phi) is 5.60. The highest BCUT2D eigenvalue weighted by molar-refractivity contribution is 6.32. The Labute approximate surface area is 138 Å². The highest BCUT2D eigenvalue weighted by Crippen LogP contribution is 2.35. The second-order valence-corrected chi connectivity index (χ2v) is 4.97. The quantitative estimate of drug-likeness (QED) is 0.835. The number of rotatable bonds is 5. The summed E-state index contributed by atoms with van der Waals surface area (Å²) in [6.07, 6.45) is 2.91. The number of anilines is 1. The first-order chi connectivity index (χ1) is 11.0. The predicted molar refractivity (Wildman–Crippen MR) is 88.6 cm³/mol. The summed E-state index contributed by atoms with van der Waals surface area (Å²) in [5, 5.41) is 3.02. The van der Waals surface area contributed by atoms with E-state index in [0.717, 1.165) is 0 Å². The van der Waals surface area contributed by atoms with Crippen molar-refractivity contribution in [1.82, 2.24) is 0 Å². The Bertz CT molecular complexity index is 729. The molecule has 0 aliphatic heterocycles. The van der Waals surface area contributed by atoms with E-state index in [-0.39, 0.29) is 11.7 Å². The molecular weight excluding hydrogens is 321 g/mol. The first-order valence-corrected chi connectivity index (χ1v) is 7.07. The van der Waals surface area contributed by atoms with Crippen molar-refractivity contribution in [2.75, 3.05) is 19.5 Å². The van der Waals surface area contributed by atoms with Crippen LogP contribution in [0.15, 0.2) is 42.5 Å². The van der Waals surface area contributed by atoms with Crippen LogP contribution in [0.5, 0.6) is 11.5 Å². The topological polar surface area (TPSA) is 47.6 Å². The minimum absolute atomic E-state index is 0.329. The molecule has 0 aromatic heterocycles. The van der Waals surface area contributed by atoms with E-state index in [1.54, 1.807) is 30.3 Å². The van der Waals surface area contributed by atoms with Gasteiger partial charge in [0, 0.05) is 12.1 Å². The molecule has 1 N–H and O–H groups in total. The zero-order valence-electron chi connectivity index (χ0n) is 12.6. The Morgan fingerprint density at radius 3 is 2.39 bits per heavy atom. The Hall–Kier alpha value is -2.53. The molecule has 0 unspecified atom stereocenters. The number of amides is 1. The van der Waals surface area contributed by atoms with Gasteiger partial charge in [0.15, 0.2) is 0 Å². The second-order valence-electron chi connectivity index (χ2n) is 4.56. The summed E-state index contributed by atoms with van der Waals surface area (Å²) >= 11 is 6.04. The van der Waals surface area contributed by atoms with Gasteiger partial charge < -0.3 is 14.8 Å². The van der Waals surface area contributed by atoms with Crippen LogP contribution in [0.3, 0.4) is 0 Å². The Balaban J connectivity index is 2.13. The third-order valence-electron chi connectivity index (χ3n) is 3.03. The van der Waals surface area contributed by atoms with Gasteiger partial charge in [0.05, 0.1) is 24.9 Å². The molecule has 2 rings (SSSR count). The monoisotopic (exact) mass is 335 g/mol. The normalized spacial score (nSPS) is 10.6. The maximum absolute atomic E-state index is 12.8. The zero-order valence-corrected chi connectivity index (χ0v) is 13.4. The summed E-state index contributed by atoms with van der Waals surface area (Å²) in [6, 6.07) is 8.92. The lowest BCUT2D eigenvalue weighted by atomic mass is 10.2. The van der Waals surface area contributed by atoms with Crippen molar-refractivity contribution in [2.45, 2.75) is 0 Å². The highest BCUT2D eigenvalue weighted by atomic mass is 35.5. The molecule has 6 heteroatoms. The summed E-state index contributed by atoms with van der Waals surface area (Å²) in [4.78, 5) is 12.0. The number of methoxy groups -OCH3 is 2. The molecule has 0 saturated carbocycles. The third-order valence-corrected chi connectivity index (χ3v) is 3.32. The van der Waals surface area contributed by atoms with Gasteiger partial charge in [0.2, 0.25) is 5.91 Å². The molecule has 2 aromatic carbocycles. The molecule has 0 aliphatic carbocycles. The van der Waals surface area contributed by atoms with Gasteiger partial charge in [-0.2, -0.15) is 0 Å². The Morgan fingerprint density at radius 1 is 1.13 bits per heavy atom. The minimum Gasteiger partial charge on any atom is -0.495 e. The predicted octanol–water partition coefficient (Wildman–Crippen LogP) is 4.15. The van der Waals surface area contributed by atoms with Crippen molar-refractivity contribution in [3.63, 3.8) is 0 Å². The fourth-order valence-corrected chi connectivity index (χ4v) is 2.12. The smallest absolute Gasteiger partial charge is 0.248 e. The van der Waals surface area contributed by atoms with E-state index in [2.05, 4.69) is 5.32 Å². The molecule has 1 amide bonds. The number of hydrogen-bond donors (Lipinski definition) is 1. The number of benzene rings is 2. The van der Waals surface area contributed by atoms with Gasteiger partial charge in [-0.05, 0) is 29.8 Å². The van der Waals surface area contributed by atoms with Crippen LogP contribution in [0, 0.1) is 5.82 Å². The van der Waals surface area contributed by atoms with Crippen molar-refractivity contribution in [3.8, 4) is 11.5 Å². The van der Waals surface area contributed by atoms with Crippen molar-refractivity contribution in [1.29, 1.82) is 0 Å². The summed E-state index contributed by atoms with van der Waals surface area (Å²) in [7, 11) is 2.97. The van der Waals surface area contributed by atoms with Crippen molar-refractivity contribution in [2.24, 2.45) is 0 Å². The highest BCUT2D eigenvalue weighted by Gasteiger charge is 2.11. The molecule has 23 heavy (non-hydrogen) atoms. The SMILES string of the molecule is COc1cc(OC)c(NC(=O)C=Cc2ccc(F)cc2)cc1Cl. The lowest BCUT2D eigenvalue weighted by Crippen LogP contribution is -2.09. The average molecular weight is 336 g/mol. The minimum atomic E-state index is -0.367. The third kappa shape index (κ3) is 4.47. The average Bonchev–Trinajstić information content (AvgIpc) is 2.54. The van der Waals surface area contributed by atoms with Crippen molar-refractivity contribution >= 4 is 29.3 Å². The number of halogens is 2. The van der Waals surface area contributed by atoms with Crippen LogP contribution in [-0.2, 0) is 4.79 Å². The molecular formula is C17H15ClFNO3. The second kappa shape index (κ2) is 7.65. The van der Waals surface area contributed by atoms with E-state index < -0.39 is 0 Å². The molecule has 0 atom stereocenters. The standard InChI is InChI=1S/C17H15ClFNO3/c1-22-15-10-16(23-2)14(9-13(15)18)20-17(21)8-5-11-3-6-12(19)7-4-11/h3-10H,1-2H3,(H,20,21). The largest absolute Gasteiger partial charge is 0.495 e. The van der Waals surface area contributed by atoms with Crippen molar-refractivity contribution < 1.29 is 18.7 Å². The van der Waals surface area contributed by atoms with Crippen LogP contribution >= 0.6 is 11.6 Å². The lowest BCUT2D eigenvalue weighted by molar-refractivity contribution is -0.111. The molecule has 2 aromatic rings. The summed E-state index contributed by atoms with van der Waals surface area (Å²) in [6.45, 7) is 0. The van der Waals surface area contributed by atoms with Crippen LogP contribution < -0.4 is 14.8 Å². The van der Waals surface area contributed by atoms with Crippen LogP contribution in [0.2, 0.25) is 5.02 Å².